The van der Waals surface area contributed by atoms with Gasteiger partial charge in [-0.2, -0.15) is 0 Å². The summed E-state index contributed by atoms with van der Waals surface area (Å²) in [6.07, 6.45) is 4.92. The summed E-state index contributed by atoms with van der Waals surface area (Å²) in [5.41, 5.74) is 4.05. The fourth-order valence-corrected chi connectivity index (χ4v) is 3.10. The number of carbonyl (C=O) groups is 1. The van der Waals surface area contributed by atoms with Crippen molar-refractivity contribution in [2.24, 2.45) is 0 Å². The number of nitrogens with one attached hydrogen (secondary N) is 1. The molecule has 1 amide bonds. The van der Waals surface area contributed by atoms with Gasteiger partial charge in [-0.25, -0.2) is 4.79 Å². The maximum atomic E-state index is 11.6. The number of benzene rings is 2. The normalized spacial score (nSPS) is 16.0. The number of carbonyl (C=O) groups excluding carboxylic acids is 1. The Balaban J connectivity index is 1.69. The molecular weight excluding hydrogens is 322 g/mol. The zero-order valence-electron chi connectivity index (χ0n) is 15.0. The van der Waals surface area contributed by atoms with Crippen molar-refractivity contribution < 1.29 is 9.53 Å². The van der Waals surface area contributed by atoms with E-state index in [1.165, 1.54) is 11.1 Å². The average Bonchev–Trinajstić information content (AvgIpc) is 2.69. The van der Waals surface area contributed by atoms with Crippen LogP contribution < -0.4 is 5.32 Å². The van der Waals surface area contributed by atoms with Gasteiger partial charge in [-0.05, 0) is 55.4 Å². The number of rotatable bonds is 3. The van der Waals surface area contributed by atoms with E-state index < -0.39 is 6.09 Å². The smallest absolute Gasteiger partial charge is 0.411 e. The molecule has 1 aliphatic carbocycles. The van der Waals surface area contributed by atoms with Crippen molar-refractivity contribution in [1.29, 1.82) is 0 Å². The highest BCUT2D eigenvalue weighted by Gasteiger charge is 2.15. The molecule has 3 nitrogen and oxygen atoms in total. The summed E-state index contributed by atoms with van der Waals surface area (Å²) in [6, 6.07) is 18.2. The lowest BCUT2D eigenvalue weighted by atomic mass is 9.85. The molecule has 0 saturated heterocycles. The van der Waals surface area contributed by atoms with Crippen LogP contribution >= 0.6 is 0 Å². The first-order chi connectivity index (χ1) is 12.8. The molecule has 0 heterocycles. The third-order valence-corrected chi connectivity index (χ3v) is 4.48. The molecule has 0 radical (unpaired) electrons. The number of hydrogen-bond acceptors (Lipinski definition) is 2. The number of hydrogen-bond donors (Lipinski definition) is 1. The van der Waals surface area contributed by atoms with Gasteiger partial charge in [-0.15, -0.1) is 0 Å². The largest absolute Gasteiger partial charge is 0.450 e. The van der Waals surface area contributed by atoms with Crippen LogP contribution in [0, 0.1) is 11.8 Å². The number of anilines is 1. The van der Waals surface area contributed by atoms with Crippen molar-refractivity contribution >= 4 is 11.8 Å². The van der Waals surface area contributed by atoms with Crippen molar-refractivity contribution in [3.63, 3.8) is 0 Å². The van der Waals surface area contributed by atoms with Gasteiger partial charge in [0.1, 0.15) is 0 Å². The first kappa shape index (κ1) is 17.8. The summed E-state index contributed by atoms with van der Waals surface area (Å²) in [7, 11) is 0. The topological polar surface area (TPSA) is 38.3 Å². The molecule has 0 fully saturated rings. The number of allylic oxidation sites excluding steroid dienone is 2. The molecule has 0 spiro atoms. The second-order valence-corrected chi connectivity index (χ2v) is 6.25. The molecule has 0 aromatic heterocycles. The first-order valence-electron chi connectivity index (χ1n) is 9.05. The minimum atomic E-state index is -0.454. The minimum Gasteiger partial charge on any atom is -0.450 e. The molecule has 1 aliphatic rings. The predicted octanol–water partition coefficient (Wildman–Crippen LogP) is 5.50. The van der Waals surface area contributed by atoms with E-state index in [0.29, 0.717) is 18.2 Å². The Kier molecular flexibility index (Phi) is 6.11. The number of amides is 1. The van der Waals surface area contributed by atoms with Crippen LogP contribution in [-0.4, -0.2) is 12.7 Å². The standard InChI is InChI=1S/C23H23NO2/c1-2-26-23(25)24-22-11-7-6-10-21(22)17-14-18-12-15-20(16-13-18)19-8-4-3-5-9-19/h3-12,20H,2,13,15-16H2,1H3,(H,24,25). The Morgan fingerprint density at radius 2 is 1.88 bits per heavy atom. The summed E-state index contributed by atoms with van der Waals surface area (Å²) in [5.74, 6) is 7.05. The van der Waals surface area contributed by atoms with Crippen LogP contribution in [0.2, 0.25) is 0 Å². The molecule has 3 rings (SSSR count). The van der Waals surface area contributed by atoms with E-state index in [4.69, 9.17) is 4.74 Å². The van der Waals surface area contributed by atoms with E-state index in [9.17, 15) is 4.79 Å². The zero-order valence-corrected chi connectivity index (χ0v) is 15.0. The van der Waals surface area contributed by atoms with Crippen molar-refractivity contribution in [2.45, 2.75) is 32.1 Å². The summed E-state index contributed by atoms with van der Waals surface area (Å²) in [4.78, 5) is 11.6. The molecule has 3 heteroatoms. The van der Waals surface area contributed by atoms with Gasteiger partial charge in [0.2, 0.25) is 0 Å². The lowest BCUT2D eigenvalue weighted by molar-refractivity contribution is 0.168. The highest BCUT2D eigenvalue weighted by molar-refractivity contribution is 5.86. The third-order valence-electron chi connectivity index (χ3n) is 4.48. The second kappa shape index (κ2) is 8.92. The van der Waals surface area contributed by atoms with E-state index in [0.717, 1.165) is 24.8 Å². The Hall–Kier alpha value is -2.99. The fourth-order valence-electron chi connectivity index (χ4n) is 3.10. The van der Waals surface area contributed by atoms with E-state index in [2.05, 4.69) is 53.6 Å². The van der Waals surface area contributed by atoms with Gasteiger partial charge in [0.25, 0.3) is 0 Å². The molecule has 1 N–H and O–H groups in total. The van der Waals surface area contributed by atoms with Crippen molar-refractivity contribution in [1.82, 2.24) is 0 Å². The highest BCUT2D eigenvalue weighted by Crippen LogP contribution is 2.31. The predicted molar refractivity (Wildman–Crippen MR) is 105 cm³/mol. The molecule has 132 valence electrons. The molecule has 2 aromatic carbocycles. The zero-order chi connectivity index (χ0) is 18.2. The van der Waals surface area contributed by atoms with Gasteiger partial charge < -0.3 is 4.74 Å². The first-order valence-corrected chi connectivity index (χ1v) is 9.05. The summed E-state index contributed by atoms with van der Waals surface area (Å²) >= 11 is 0. The van der Waals surface area contributed by atoms with Crippen LogP contribution in [0.3, 0.4) is 0 Å². The molecule has 0 bridgehead atoms. The molecule has 0 saturated carbocycles. The van der Waals surface area contributed by atoms with E-state index >= 15 is 0 Å². The average molecular weight is 345 g/mol. The van der Waals surface area contributed by atoms with Gasteiger partial charge in [0, 0.05) is 5.56 Å². The Morgan fingerprint density at radius 3 is 2.62 bits per heavy atom. The van der Waals surface area contributed by atoms with Crippen LogP contribution in [0.15, 0.2) is 66.2 Å². The number of para-hydroxylation sites is 1. The Bertz CT molecular complexity index is 843. The van der Waals surface area contributed by atoms with Crippen LogP contribution in [0.1, 0.15) is 43.2 Å². The van der Waals surface area contributed by atoms with Gasteiger partial charge >= 0.3 is 6.09 Å². The molecule has 0 aliphatic heterocycles. The molecule has 26 heavy (non-hydrogen) atoms. The van der Waals surface area contributed by atoms with Crippen molar-refractivity contribution in [3.05, 3.63) is 77.4 Å². The van der Waals surface area contributed by atoms with Crippen molar-refractivity contribution in [2.75, 3.05) is 11.9 Å². The van der Waals surface area contributed by atoms with E-state index in [-0.39, 0.29) is 0 Å². The molecule has 1 unspecified atom stereocenters. The third kappa shape index (κ3) is 4.77. The highest BCUT2D eigenvalue weighted by atomic mass is 16.5. The van der Waals surface area contributed by atoms with Crippen LogP contribution in [0.5, 0.6) is 0 Å². The van der Waals surface area contributed by atoms with Crippen LogP contribution in [0.4, 0.5) is 10.5 Å². The van der Waals surface area contributed by atoms with Gasteiger partial charge in [0.15, 0.2) is 0 Å². The maximum absolute atomic E-state index is 11.6. The van der Waals surface area contributed by atoms with Gasteiger partial charge in [-0.1, -0.05) is 60.4 Å². The van der Waals surface area contributed by atoms with Crippen molar-refractivity contribution in [3.8, 4) is 11.8 Å². The SMILES string of the molecule is CCOC(=O)Nc1ccccc1C#CC1=CCC(c2ccccc2)CC1. The van der Waals surface area contributed by atoms with E-state index in [1.807, 2.05) is 24.3 Å². The number of ether oxygens (including phenoxy) is 1. The molecule has 2 aromatic rings. The Morgan fingerprint density at radius 1 is 1.12 bits per heavy atom. The monoisotopic (exact) mass is 345 g/mol. The molecule has 1 atom stereocenters. The second-order valence-electron chi connectivity index (χ2n) is 6.25. The quantitative estimate of drug-likeness (QED) is 0.746. The lowest BCUT2D eigenvalue weighted by Crippen LogP contribution is -2.14. The summed E-state index contributed by atoms with van der Waals surface area (Å²) < 4.78 is 4.94. The summed E-state index contributed by atoms with van der Waals surface area (Å²) in [5, 5.41) is 2.74. The Labute approximate surface area is 155 Å². The molecular formula is C23H23NO2. The fraction of sp³-hybridized carbons (Fsp3) is 0.261. The minimum absolute atomic E-state index is 0.342. The lowest BCUT2D eigenvalue weighted by Gasteiger charge is -2.20. The van der Waals surface area contributed by atoms with Crippen LogP contribution in [0.25, 0.3) is 0 Å². The summed E-state index contributed by atoms with van der Waals surface area (Å²) in [6.45, 7) is 2.12. The van der Waals surface area contributed by atoms with Crippen LogP contribution in [-0.2, 0) is 4.74 Å². The van der Waals surface area contributed by atoms with Gasteiger partial charge in [-0.3, -0.25) is 5.32 Å². The van der Waals surface area contributed by atoms with E-state index in [1.54, 1.807) is 6.92 Å². The van der Waals surface area contributed by atoms with Gasteiger partial charge in [0.05, 0.1) is 12.3 Å². The maximum Gasteiger partial charge on any atom is 0.411 e.